The summed E-state index contributed by atoms with van der Waals surface area (Å²) in [5.74, 6) is -0.575. The Kier molecular flexibility index (Phi) is 2.98. The van der Waals surface area contributed by atoms with Gasteiger partial charge in [-0.2, -0.15) is 4.39 Å². The molecule has 1 heterocycles. The molecule has 3 heteroatoms. The molecule has 0 radical (unpaired) electrons. The van der Waals surface area contributed by atoms with Gasteiger partial charge < -0.3 is 5.11 Å². The van der Waals surface area contributed by atoms with Crippen LogP contribution in [0.2, 0.25) is 0 Å². The quantitative estimate of drug-likeness (QED) is 0.729. The highest BCUT2D eigenvalue weighted by molar-refractivity contribution is 5.19. The van der Waals surface area contributed by atoms with E-state index in [1.807, 2.05) is 13.8 Å². The van der Waals surface area contributed by atoms with E-state index in [2.05, 4.69) is 4.98 Å². The standard InChI is InChI=1S/C10H14FNO/c1-3-10(13,4-2)8-6-5-7-12-9(8)11/h5-7,13H,3-4H2,1-2H3. The molecule has 2 nitrogen and oxygen atoms in total. The van der Waals surface area contributed by atoms with Gasteiger partial charge in [-0.3, -0.25) is 0 Å². The van der Waals surface area contributed by atoms with Crippen LogP contribution in [0.5, 0.6) is 0 Å². The van der Waals surface area contributed by atoms with E-state index in [9.17, 15) is 9.50 Å². The highest BCUT2D eigenvalue weighted by Crippen LogP contribution is 2.29. The smallest absolute Gasteiger partial charge is 0.218 e. The molecule has 0 saturated carbocycles. The van der Waals surface area contributed by atoms with E-state index in [-0.39, 0.29) is 0 Å². The molecule has 0 saturated heterocycles. The van der Waals surface area contributed by atoms with E-state index in [0.29, 0.717) is 18.4 Å². The molecule has 0 aliphatic carbocycles. The highest BCUT2D eigenvalue weighted by Gasteiger charge is 2.28. The molecule has 0 aliphatic heterocycles. The summed E-state index contributed by atoms with van der Waals surface area (Å²) in [5.41, 5.74) is -0.779. The average Bonchev–Trinajstić information content (AvgIpc) is 2.17. The molecule has 0 fully saturated rings. The molecule has 1 N–H and O–H groups in total. The van der Waals surface area contributed by atoms with Crippen LogP contribution in [-0.2, 0) is 5.60 Å². The lowest BCUT2D eigenvalue weighted by Crippen LogP contribution is -2.25. The predicted octanol–water partition coefficient (Wildman–Crippen LogP) is 2.23. The molecule has 0 amide bonds. The van der Waals surface area contributed by atoms with Crippen molar-refractivity contribution in [2.45, 2.75) is 32.3 Å². The lowest BCUT2D eigenvalue weighted by molar-refractivity contribution is 0.0241. The van der Waals surface area contributed by atoms with Gasteiger partial charge in [0.1, 0.15) is 0 Å². The van der Waals surface area contributed by atoms with Gasteiger partial charge in [-0.05, 0) is 18.9 Å². The Morgan fingerprint density at radius 1 is 1.46 bits per heavy atom. The lowest BCUT2D eigenvalue weighted by Gasteiger charge is -2.25. The molecule has 0 atom stereocenters. The minimum absolute atomic E-state index is 0.292. The molecule has 0 spiro atoms. The van der Waals surface area contributed by atoms with Crippen molar-refractivity contribution in [2.75, 3.05) is 0 Å². The van der Waals surface area contributed by atoms with E-state index >= 15 is 0 Å². The normalized spacial score (nSPS) is 11.7. The Morgan fingerprint density at radius 2 is 2.08 bits per heavy atom. The fourth-order valence-electron chi connectivity index (χ4n) is 1.36. The molecule has 1 aromatic heterocycles. The summed E-state index contributed by atoms with van der Waals surface area (Å²) in [6.07, 6.45) is 2.36. The number of hydrogen-bond acceptors (Lipinski definition) is 2. The second-order valence-electron chi connectivity index (χ2n) is 3.08. The molecular weight excluding hydrogens is 169 g/mol. The third-order valence-corrected chi connectivity index (χ3v) is 2.43. The minimum Gasteiger partial charge on any atom is -0.385 e. The molecule has 0 aliphatic rings. The summed E-state index contributed by atoms with van der Waals surface area (Å²) in [4.78, 5) is 3.51. The maximum Gasteiger partial charge on any atom is 0.218 e. The van der Waals surface area contributed by atoms with Crippen molar-refractivity contribution >= 4 is 0 Å². The van der Waals surface area contributed by atoms with Crippen LogP contribution in [0, 0.1) is 5.95 Å². The first-order valence-electron chi connectivity index (χ1n) is 4.47. The summed E-state index contributed by atoms with van der Waals surface area (Å²) < 4.78 is 13.2. The monoisotopic (exact) mass is 183 g/mol. The van der Waals surface area contributed by atoms with Gasteiger partial charge >= 0.3 is 0 Å². The van der Waals surface area contributed by atoms with Crippen molar-refractivity contribution in [3.63, 3.8) is 0 Å². The van der Waals surface area contributed by atoms with Gasteiger partial charge in [0.25, 0.3) is 0 Å². The molecule has 0 aromatic carbocycles. The number of halogens is 1. The van der Waals surface area contributed by atoms with Crippen molar-refractivity contribution in [1.82, 2.24) is 4.98 Å². The Labute approximate surface area is 77.4 Å². The van der Waals surface area contributed by atoms with Gasteiger partial charge in [0, 0.05) is 11.8 Å². The number of pyridine rings is 1. The third-order valence-electron chi connectivity index (χ3n) is 2.43. The zero-order valence-corrected chi connectivity index (χ0v) is 7.92. The number of nitrogens with zero attached hydrogens (tertiary/aromatic N) is 1. The Bertz CT molecular complexity index is 284. The van der Waals surface area contributed by atoms with E-state index in [1.54, 1.807) is 12.1 Å². The van der Waals surface area contributed by atoms with Crippen molar-refractivity contribution in [1.29, 1.82) is 0 Å². The number of aromatic nitrogens is 1. The van der Waals surface area contributed by atoms with Gasteiger partial charge in [-0.25, -0.2) is 4.98 Å². The topological polar surface area (TPSA) is 33.1 Å². The molecule has 13 heavy (non-hydrogen) atoms. The molecule has 1 rings (SSSR count). The maximum atomic E-state index is 13.2. The van der Waals surface area contributed by atoms with Crippen molar-refractivity contribution in [3.05, 3.63) is 29.8 Å². The van der Waals surface area contributed by atoms with Crippen molar-refractivity contribution in [3.8, 4) is 0 Å². The first-order chi connectivity index (χ1) is 6.14. The second-order valence-corrected chi connectivity index (χ2v) is 3.08. The Hall–Kier alpha value is -0.960. The molecule has 1 aromatic rings. The summed E-state index contributed by atoms with van der Waals surface area (Å²) in [6, 6.07) is 3.21. The van der Waals surface area contributed by atoms with Gasteiger partial charge in [-0.1, -0.05) is 19.9 Å². The van der Waals surface area contributed by atoms with Crippen LogP contribution < -0.4 is 0 Å². The first kappa shape index (κ1) is 10.1. The van der Waals surface area contributed by atoms with E-state index < -0.39 is 11.5 Å². The summed E-state index contributed by atoms with van der Waals surface area (Å²) in [6.45, 7) is 3.66. The van der Waals surface area contributed by atoms with Gasteiger partial charge in [0.15, 0.2) is 0 Å². The lowest BCUT2D eigenvalue weighted by atomic mass is 9.90. The second kappa shape index (κ2) is 3.83. The van der Waals surface area contributed by atoms with Gasteiger partial charge in [0.2, 0.25) is 5.95 Å². The zero-order chi connectivity index (χ0) is 9.90. The van der Waals surface area contributed by atoms with Crippen molar-refractivity contribution < 1.29 is 9.50 Å². The fourth-order valence-corrected chi connectivity index (χ4v) is 1.36. The average molecular weight is 183 g/mol. The zero-order valence-electron chi connectivity index (χ0n) is 7.92. The van der Waals surface area contributed by atoms with E-state index in [1.165, 1.54) is 6.20 Å². The molecule has 0 unspecified atom stereocenters. The third kappa shape index (κ3) is 1.86. The largest absolute Gasteiger partial charge is 0.385 e. The van der Waals surface area contributed by atoms with Crippen LogP contribution in [0.1, 0.15) is 32.3 Å². The van der Waals surface area contributed by atoms with Gasteiger partial charge in [-0.15, -0.1) is 0 Å². The predicted molar refractivity (Wildman–Crippen MR) is 48.7 cm³/mol. The number of rotatable bonds is 3. The van der Waals surface area contributed by atoms with Crippen LogP contribution in [0.4, 0.5) is 4.39 Å². The fraction of sp³-hybridized carbons (Fsp3) is 0.500. The molecule has 72 valence electrons. The summed E-state index contributed by atoms with van der Waals surface area (Å²) >= 11 is 0. The van der Waals surface area contributed by atoms with Crippen LogP contribution in [0.3, 0.4) is 0 Å². The minimum atomic E-state index is -1.07. The first-order valence-corrected chi connectivity index (χ1v) is 4.47. The summed E-state index contributed by atoms with van der Waals surface area (Å²) in [5, 5.41) is 10.0. The number of aliphatic hydroxyl groups is 1. The van der Waals surface area contributed by atoms with Crippen LogP contribution in [0.25, 0.3) is 0 Å². The van der Waals surface area contributed by atoms with E-state index in [0.717, 1.165) is 0 Å². The van der Waals surface area contributed by atoms with Crippen molar-refractivity contribution in [2.24, 2.45) is 0 Å². The number of hydrogen-bond donors (Lipinski definition) is 1. The van der Waals surface area contributed by atoms with Crippen LogP contribution >= 0.6 is 0 Å². The highest BCUT2D eigenvalue weighted by atomic mass is 19.1. The molecular formula is C10H14FNO. The Balaban J connectivity index is 3.12. The van der Waals surface area contributed by atoms with E-state index in [4.69, 9.17) is 0 Å². The van der Waals surface area contributed by atoms with Crippen LogP contribution in [0.15, 0.2) is 18.3 Å². The van der Waals surface area contributed by atoms with Crippen LogP contribution in [-0.4, -0.2) is 10.1 Å². The summed E-state index contributed by atoms with van der Waals surface area (Å²) in [7, 11) is 0. The maximum absolute atomic E-state index is 13.2. The molecule has 0 bridgehead atoms. The Morgan fingerprint density at radius 3 is 2.54 bits per heavy atom. The SMILES string of the molecule is CCC(O)(CC)c1cccnc1F. The van der Waals surface area contributed by atoms with Gasteiger partial charge in [0.05, 0.1) is 5.60 Å².